The molecule has 0 aliphatic heterocycles. The van der Waals surface area contributed by atoms with Gasteiger partial charge in [-0.15, -0.1) is 0 Å². The molecule has 6 aromatic carbocycles. The van der Waals surface area contributed by atoms with Crippen LogP contribution in [0.3, 0.4) is 0 Å². The van der Waals surface area contributed by atoms with E-state index in [1.807, 2.05) is 72.8 Å². The van der Waals surface area contributed by atoms with Gasteiger partial charge in [-0.2, -0.15) is 0 Å². The van der Waals surface area contributed by atoms with E-state index in [9.17, 15) is 0 Å². The first kappa shape index (κ1) is 39.4. The number of hydrogen-bond donors (Lipinski definition) is 0. The third-order valence-electron chi connectivity index (χ3n) is 11.2. The zero-order chi connectivity index (χ0) is 39.3. The molecule has 0 aliphatic rings. The Morgan fingerprint density at radius 3 is 1.20 bits per heavy atom. The Labute approximate surface area is 325 Å². The van der Waals surface area contributed by atoms with Crippen molar-refractivity contribution in [3.8, 4) is 23.0 Å². The maximum atomic E-state index is 15.2. The molecule has 0 saturated heterocycles. The molecular formula is C50H52F2O3. The lowest BCUT2D eigenvalue weighted by molar-refractivity contribution is -0.0753. The van der Waals surface area contributed by atoms with Crippen molar-refractivity contribution in [1.82, 2.24) is 0 Å². The summed E-state index contributed by atoms with van der Waals surface area (Å²) in [5.74, 6) is 0.583. The first-order valence-corrected chi connectivity index (χ1v) is 19.0. The van der Waals surface area contributed by atoms with Gasteiger partial charge >= 0.3 is 0 Å². The van der Waals surface area contributed by atoms with Crippen molar-refractivity contribution in [2.24, 2.45) is 0 Å². The Morgan fingerprint density at radius 2 is 0.836 bits per heavy atom. The van der Waals surface area contributed by atoms with Crippen LogP contribution in [-0.4, -0.2) is 12.2 Å². The molecule has 2 atom stereocenters. The van der Waals surface area contributed by atoms with E-state index in [0.29, 0.717) is 24.3 Å². The van der Waals surface area contributed by atoms with Gasteiger partial charge in [0.05, 0.1) is 12.2 Å². The van der Waals surface area contributed by atoms with E-state index in [4.69, 9.17) is 14.2 Å². The summed E-state index contributed by atoms with van der Waals surface area (Å²) in [6.07, 6.45) is 0.217. The van der Waals surface area contributed by atoms with Crippen LogP contribution in [-0.2, 0) is 28.4 Å². The van der Waals surface area contributed by atoms with Gasteiger partial charge in [0.2, 0.25) is 0 Å². The smallest absolute Gasteiger partial charge is 0.165 e. The fourth-order valence-electron chi connectivity index (χ4n) is 6.97. The molecule has 2 unspecified atom stereocenters. The van der Waals surface area contributed by atoms with E-state index >= 15 is 8.78 Å². The van der Waals surface area contributed by atoms with Crippen molar-refractivity contribution in [2.75, 3.05) is 0 Å². The zero-order valence-electron chi connectivity index (χ0n) is 33.3. The average Bonchev–Trinajstić information content (AvgIpc) is 3.16. The standard InChI is InChI=1S/C50H52F2O3/c1-33-19-23-39(27-35(33)3)49(5,6)47(31-37-21-25-43(51)45(29-37)53-41-15-11-9-12-16-41)55-48(50(7,8)40-24-20-34(2)36(4)28-40)32-38-22-26-44(52)46(30-38)54-42-17-13-10-14-18-42/h9-30,47-48H,31-32H2,1-8H3. The highest BCUT2D eigenvalue weighted by molar-refractivity contribution is 5.40. The van der Waals surface area contributed by atoms with E-state index in [1.165, 1.54) is 34.4 Å². The van der Waals surface area contributed by atoms with Crippen LogP contribution in [0.15, 0.2) is 133 Å². The molecule has 0 fully saturated rings. The highest BCUT2D eigenvalue weighted by Crippen LogP contribution is 2.40. The predicted molar refractivity (Wildman–Crippen MR) is 220 cm³/mol. The molecule has 0 amide bonds. The molecule has 0 saturated carbocycles. The van der Waals surface area contributed by atoms with Crippen molar-refractivity contribution in [2.45, 2.75) is 91.3 Å². The molecule has 3 nitrogen and oxygen atoms in total. The SMILES string of the molecule is Cc1ccc(C(C)(C)C(Cc2ccc(F)c(Oc3ccccc3)c2)OC(Cc2ccc(F)c(Oc3ccccc3)c2)C(C)(C)c2ccc(C)c(C)c2)cc1C. The average molecular weight is 739 g/mol. The number of halogens is 2. The third-order valence-corrected chi connectivity index (χ3v) is 11.2. The van der Waals surface area contributed by atoms with Crippen LogP contribution in [0, 0.1) is 39.3 Å². The topological polar surface area (TPSA) is 27.7 Å². The second-order valence-electron chi connectivity index (χ2n) is 15.9. The lowest BCUT2D eigenvalue weighted by Crippen LogP contribution is -2.46. The molecule has 0 heterocycles. The van der Waals surface area contributed by atoms with Crippen LogP contribution in [0.25, 0.3) is 0 Å². The lowest BCUT2D eigenvalue weighted by Gasteiger charge is -2.43. The van der Waals surface area contributed by atoms with Crippen LogP contribution in [0.2, 0.25) is 0 Å². The summed E-state index contributed by atoms with van der Waals surface area (Å²) >= 11 is 0. The lowest BCUT2D eigenvalue weighted by atomic mass is 9.74. The fraction of sp³-hybridized carbons (Fsp3) is 0.280. The molecule has 6 aromatic rings. The van der Waals surface area contributed by atoms with Crippen molar-refractivity contribution in [3.63, 3.8) is 0 Å². The normalized spacial score (nSPS) is 13.0. The number of benzene rings is 6. The van der Waals surface area contributed by atoms with Gasteiger partial charge in [-0.25, -0.2) is 8.78 Å². The number of hydrogen-bond acceptors (Lipinski definition) is 3. The van der Waals surface area contributed by atoms with E-state index < -0.39 is 22.5 Å². The minimum Gasteiger partial charge on any atom is -0.454 e. The molecule has 0 N–H and O–H groups in total. The Balaban J connectivity index is 1.43. The summed E-state index contributed by atoms with van der Waals surface area (Å²) < 4.78 is 50.1. The minimum atomic E-state index is -0.491. The minimum absolute atomic E-state index is 0.163. The second kappa shape index (κ2) is 16.6. The zero-order valence-corrected chi connectivity index (χ0v) is 33.3. The summed E-state index contributed by atoms with van der Waals surface area (Å²) in [5, 5.41) is 0. The van der Waals surface area contributed by atoms with E-state index in [1.54, 1.807) is 12.1 Å². The molecule has 0 aromatic heterocycles. The van der Waals surface area contributed by atoms with Gasteiger partial charge in [0.15, 0.2) is 23.1 Å². The Hall–Kier alpha value is -5.26. The molecule has 284 valence electrons. The molecule has 6 rings (SSSR count). The molecule has 0 bridgehead atoms. The van der Waals surface area contributed by atoms with Crippen molar-refractivity contribution in [3.05, 3.63) is 190 Å². The van der Waals surface area contributed by atoms with Gasteiger partial charge in [-0.3, -0.25) is 0 Å². The Bertz CT molecular complexity index is 2070. The molecule has 55 heavy (non-hydrogen) atoms. The van der Waals surface area contributed by atoms with Gasteiger partial charge in [0, 0.05) is 10.8 Å². The van der Waals surface area contributed by atoms with Gasteiger partial charge in [0.25, 0.3) is 0 Å². The maximum Gasteiger partial charge on any atom is 0.165 e. The molecule has 5 heteroatoms. The molecule has 0 spiro atoms. The van der Waals surface area contributed by atoms with E-state index in [-0.39, 0.29) is 23.7 Å². The van der Waals surface area contributed by atoms with Crippen LogP contribution in [0.5, 0.6) is 23.0 Å². The molecule has 0 radical (unpaired) electrons. The number of ether oxygens (including phenoxy) is 3. The monoisotopic (exact) mass is 738 g/mol. The third kappa shape index (κ3) is 9.35. The van der Waals surface area contributed by atoms with Crippen LogP contribution >= 0.6 is 0 Å². The van der Waals surface area contributed by atoms with Gasteiger partial charge in [0.1, 0.15) is 11.5 Å². The van der Waals surface area contributed by atoms with Gasteiger partial charge < -0.3 is 14.2 Å². The Kier molecular flexibility index (Phi) is 11.9. The van der Waals surface area contributed by atoms with Gasteiger partial charge in [-0.1, -0.05) is 113 Å². The van der Waals surface area contributed by atoms with E-state index in [2.05, 4.69) is 91.8 Å². The summed E-state index contributed by atoms with van der Waals surface area (Å²) in [7, 11) is 0. The Morgan fingerprint density at radius 1 is 0.455 bits per heavy atom. The van der Waals surface area contributed by atoms with Crippen LogP contribution in [0.1, 0.15) is 72.2 Å². The van der Waals surface area contributed by atoms with Gasteiger partial charge in [-0.05, 0) is 134 Å². The van der Waals surface area contributed by atoms with Crippen molar-refractivity contribution >= 4 is 0 Å². The van der Waals surface area contributed by atoms with Crippen molar-refractivity contribution < 1.29 is 23.0 Å². The highest BCUT2D eigenvalue weighted by Gasteiger charge is 2.40. The second-order valence-corrected chi connectivity index (χ2v) is 15.9. The summed E-state index contributed by atoms with van der Waals surface area (Å²) in [6.45, 7) is 17.4. The summed E-state index contributed by atoms with van der Waals surface area (Å²) in [4.78, 5) is 0. The largest absolute Gasteiger partial charge is 0.454 e. The highest BCUT2D eigenvalue weighted by atomic mass is 19.1. The van der Waals surface area contributed by atoms with Crippen LogP contribution < -0.4 is 9.47 Å². The number of para-hydroxylation sites is 2. The van der Waals surface area contributed by atoms with Crippen molar-refractivity contribution in [1.29, 1.82) is 0 Å². The predicted octanol–water partition coefficient (Wildman–Crippen LogP) is 13.3. The quantitative estimate of drug-likeness (QED) is 0.111. The summed E-state index contributed by atoms with van der Waals surface area (Å²) in [5.41, 5.74) is 7.92. The first-order chi connectivity index (χ1) is 26.2. The molecule has 0 aliphatic carbocycles. The number of rotatable bonds is 14. The maximum absolute atomic E-state index is 15.2. The molecular weight excluding hydrogens is 687 g/mol. The summed E-state index contributed by atoms with van der Waals surface area (Å²) in [6, 6.07) is 41.8. The number of aryl methyl sites for hydroxylation is 4. The van der Waals surface area contributed by atoms with Crippen LogP contribution in [0.4, 0.5) is 8.78 Å². The van der Waals surface area contributed by atoms with E-state index in [0.717, 1.165) is 22.3 Å². The first-order valence-electron chi connectivity index (χ1n) is 19.0. The fourth-order valence-corrected chi connectivity index (χ4v) is 6.97.